The zero-order valence-corrected chi connectivity index (χ0v) is 14.9. The Labute approximate surface area is 146 Å². The summed E-state index contributed by atoms with van der Waals surface area (Å²) in [7, 11) is 0. The number of esters is 1. The van der Waals surface area contributed by atoms with Crippen LogP contribution < -0.4 is 0 Å². The number of aromatic nitrogens is 1. The number of hydrogen-bond donors (Lipinski definition) is 0. The van der Waals surface area contributed by atoms with Gasteiger partial charge in [0.05, 0.1) is 5.56 Å². The van der Waals surface area contributed by atoms with Crippen LogP contribution in [0.15, 0.2) is 42.6 Å². The molecule has 0 saturated heterocycles. The largest absolute Gasteiger partial charge is 0.451 e. The molecule has 0 bridgehead atoms. The Morgan fingerprint density at radius 3 is 2.12 bits per heavy atom. The van der Waals surface area contributed by atoms with E-state index in [0.717, 1.165) is 5.56 Å². The topological polar surface area (TPSA) is 56.3 Å². The van der Waals surface area contributed by atoms with Gasteiger partial charge in [-0.2, -0.15) is 0 Å². The van der Waals surface area contributed by atoms with Gasteiger partial charge in [0.15, 0.2) is 6.10 Å². The number of carbonyl (C=O) groups is 2. The van der Waals surface area contributed by atoms with Crippen LogP contribution >= 0.6 is 11.6 Å². The molecule has 1 heterocycles. The molecule has 0 radical (unpaired) electrons. The van der Waals surface area contributed by atoms with Gasteiger partial charge in [0.2, 0.25) is 5.78 Å². The Bertz CT molecular complexity index is 731. The molecule has 0 amide bonds. The Kier molecular flexibility index (Phi) is 5.40. The van der Waals surface area contributed by atoms with Crippen LogP contribution in [0.4, 0.5) is 0 Å². The number of carbonyl (C=O) groups excluding carboxylic acids is 2. The molecule has 2 rings (SSSR count). The third-order valence-corrected chi connectivity index (χ3v) is 3.88. The van der Waals surface area contributed by atoms with Gasteiger partial charge in [-0.3, -0.25) is 4.79 Å². The van der Waals surface area contributed by atoms with Gasteiger partial charge in [0, 0.05) is 11.8 Å². The fraction of sp³-hybridized carbons (Fsp3) is 0.316. The molecule has 1 atom stereocenters. The molecule has 5 heteroatoms. The van der Waals surface area contributed by atoms with Crippen molar-refractivity contribution in [3.8, 4) is 0 Å². The maximum absolute atomic E-state index is 12.4. The first kappa shape index (κ1) is 18.1. The number of rotatable bonds is 4. The molecule has 4 nitrogen and oxygen atoms in total. The molecule has 0 saturated carbocycles. The van der Waals surface area contributed by atoms with Crippen molar-refractivity contribution in [1.82, 2.24) is 4.98 Å². The van der Waals surface area contributed by atoms with E-state index in [4.69, 9.17) is 16.3 Å². The number of ether oxygens (including phenoxy) is 1. The Balaban J connectivity index is 2.06. The average Bonchev–Trinajstić information content (AvgIpc) is 2.54. The van der Waals surface area contributed by atoms with Crippen molar-refractivity contribution < 1.29 is 14.3 Å². The van der Waals surface area contributed by atoms with Crippen molar-refractivity contribution in [1.29, 1.82) is 0 Å². The second kappa shape index (κ2) is 7.14. The molecule has 0 aliphatic carbocycles. The number of hydrogen-bond acceptors (Lipinski definition) is 4. The summed E-state index contributed by atoms with van der Waals surface area (Å²) in [5, 5.41) is 0.287. The van der Waals surface area contributed by atoms with Gasteiger partial charge in [-0.25, -0.2) is 9.78 Å². The molecular formula is C19H20ClNO3. The number of Topliss-reactive ketones (excluding diaryl/α,β-unsaturated/α-hetero) is 1. The van der Waals surface area contributed by atoms with Crippen LogP contribution in [0.5, 0.6) is 0 Å². The molecule has 2 aromatic rings. The van der Waals surface area contributed by atoms with E-state index >= 15 is 0 Å². The summed E-state index contributed by atoms with van der Waals surface area (Å²) >= 11 is 5.68. The van der Waals surface area contributed by atoms with Gasteiger partial charge in [0.1, 0.15) is 5.15 Å². The Morgan fingerprint density at radius 1 is 1.04 bits per heavy atom. The number of pyridine rings is 1. The SMILES string of the molecule is CC(OC(=O)c1ccc(Cl)nc1)C(=O)c1ccc(C(C)(C)C)cc1. The van der Waals surface area contributed by atoms with Crippen molar-refractivity contribution in [2.24, 2.45) is 0 Å². The molecule has 126 valence electrons. The predicted molar refractivity (Wildman–Crippen MR) is 93.6 cm³/mol. The highest BCUT2D eigenvalue weighted by atomic mass is 35.5. The summed E-state index contributed by atoms with van der Waals surface area (Å²) in [4.78, 5) is 28.3. The quantitative estimate of drug-likeness (QED) is 0.466. The summed E-state index contributed by atoms with van der Waals surface area (Å²) in [6.45, 7) is 7.87. The van der Waals surface area contributed by atoms with E-state index in [2.05, 4.69) is 25.8 Å². The van der Waals surface area contributed by atoms with E-state index in [1.807, 2.05) is 12.1 Å². The first-order valence-electron chi connectivity index (χ1n) is 7.66. The number of benzene rings is 1. The van der Waals surface area contributed by atoms with E-state index in [-0.39, 0.29) is 21.9 Å². The van der Waals surface area contributed by atoms with Crippen LogP contribution in [0.1, 0.15) is 54.0 Å². The summed E-state index contributed by atoms with van der Waals surface area (Å²) in [6.07, 6.45) is 0.439. The van der Waals surface area contributed by atoms with Crippen molar-refractivity contribution in [3.63, 3.8) is 0 Å². The first-order valence-corrected chi connectivity index (χ1v) is 8.03. The highest BCUT2D eigenvalue weighted by Gasteiger charge is 2.21. The lowest BCUT2D eigenvalue weighted by Crippen LogP contribution is -2.24. The maximum Gasteiger partial charge on any atom is 0.340 e. The monoisotopic (exact) mass is 345 g/mol. The summed E-state index contributed by atoms with van der Waals surface area (Å²) in [5.74, 6) is -0.850. The fourth-order valence-electron chi connectivity index (χ4n) is 2.15. The molecular weight excluding hydrogens is 326 g/mol. The molecule has 1 aromatic carbocycles. The van der Waals surface area contributed by atoms with Crippen LogP contribution in [-0.2, 0) is 10.2 Å². The zero-order chi connectivity index (χ0) is 17.9. The first-order chi connectivity index (χ1) is 11.2. The molecule has 24 heavy (non-hydrogen) atoms. The van der Waals surface area contributed by atoms with Crippen molar-refractivity contribution in [2.75, 3.05) is 0 Å². The standard InChI is InChI=1S/C19H20ClNO3/c1-12(24-18(23)14-7-10-16(20)21-11-14)17(22)13-5-8-15(9-6-13)19(2,3)4/h5-12H,1-4H3. The van der Waals surface area contributed by atoms with E-state index < -0.39 is 12.1 Å². The molecule has 0 aliphatic rings. The van der Waals surface area contributed by atoms with E-state index in [1.54, 1.807) is 19.1 Å². The number of nitrogens with zero attached hydrogens (tertiary/aromatic N) is 1. The van der Waals surface area contributed by atoms with Crippen LogP contribution in [0.3, 0.4) is 0 Å². The fourth-order valence-corrected chi connectivity index (χ4v) is 2.26. The van der Waals surface area contributed by atoms with E-state index in [9.17, 15) is 9.59 Å². The third-order valence-electron chi connectivity index (χ3n) is 3.65. The maximum atomic E-state index is 12.4. The molecule has 0 N–H and O–H groups in total. The Hall–Kier alpha value is -2.20. The molecule has 0 spiro atoms. The lowest BCUT2D eigenvalue weighted by atomic mass is 9.86. The van der Waals surface area contributed by atoms with Crippen molar-refractivity contribution in [3.05, 3.63) is 64.4 Å². The molecule has 0 fully saturated rings. The third kappa shape index (κ3) is 4.42. The normalized spacial score (nSPS) is 12.5. The van der Waals surface area contributed by atoms with Gasteiger partial charge in [-0.05, 0) is 30.0 Å². The molecule has 1 unspecified atom stereocenters. The van der Waals surface area contributed by atoms with E-state index in [1.165, 1.54) is 18.3 Å². The highest BCUT2D eigenvalue weighted by Crippen LogP contribution is 2.22. The van der Waals surface area contributed by atoms with Crippen molar-refractivity contribution in [2.45, 2.75) is 39.2 Å². The van der Waals surface area contributed by atoms with Crippen LogP contribution in [-0.4, -0.2) is 22.8 Å². The lowest BCUT2D eigenvalue weighted by Gasteiger charge is -2.19. The minimum Gasteiger partial charge on any atom is -0.451 e. The zero-order valence-electron chi connectivity index (χ0n) is 14.2. The number of ketones is 1. The van der Waals surface area contributed by atoms with E-state index in [0.29, 0.717) is 5.56 Å². The van der Waals surface area contributed by atoms with Gasteiger partial charge < -0.3 is 4.74 Å². The van der Waals surface area contributed by atoms with Gasteiger partial charge in [0.25, 0.3) is 0 Å². The second-order valence-electron chi connectivity index (χ2n) is 6.61. The smallest absolute Gasteiger partial charge is 0.340 e. The van der Waals surface area contributed by atoms with Gasteiger partial charge >= 0.3 is 5.97 Å². The minimum absolute atomic E-state index is 0.0151. The van der Waals surface area contributed by atoms with Gasteiger partial charge in [-0.1, -0.05) is 56.6 Å². The predicted octanol–water partition coefficient (Wildman–Crippen LogP) is 4.46. The second-order valence-corrected chi connectivity index (χ2v) is 7.00. The Morgan fingerprint density at radius 2 is 1.62 bits per heavy atom. The summed E-state index contributed by atoms with van der Waals surface area (Å²) < 4.78 is 5.22. The highest BCUT2D eigenvalue weighted by molar-refractivity contribution is 6.29. The molecule has 0 aliphatic heterocycles. The molecule has 1 aromatic heterocycles. The average molecular weight is 346 g/mol. The van der Waals surface area contributed by atoms with Crippen molar-refractivity contribution >= 4 is 23.4 Å². The minimum atomic E-state index is -0.881. The summed E-state index contributed by atoms with van der Waals surface area (Å²) in [6, 6.07) is 10.4. The van der Waals surface area contributed by atoms with Gasteiger partial charge in [-0.15, -0.1) is 0 Å². The number of halogens is 1. The van der Waals surface area contributed by atoms with Crippen LogP contribution in [0.25, 0.3) is 0 Å². The lowest BCUT2D eigenvalue weighted by molar-refractivity contribution is 0.0318. The van der Waals surface area contributed by atoms with Crippen LogP contribution in [0, 0.1) is 0 Å². The van der Waals surface area contributed by atoms with Crippen LogP contribution in [0.2, 0.25) is 5.15 Å². The summed E-state index contributed by atoms with van der Waals surface area (Å²) in [5.41, 5.74) is 1.91.